The molecule has 0 spiro atoms. The Balaban J connectivity index is 2.05. The molecule has 0 bridgehead atoms. The fourth-order valence-corrected chi connectivity index (χ4v) is 3.71. The highest BCUT2D eigenvalue weighted by Gasteiger charge is 2.54. The molecule has 0 amide bonds. The Morgan fingerprint density at radius 2 is 1.58 bits per heavy atom. The van der Waals surface area contributed by atoms with Gasteiger partial charge in [0.15, 0.2) is 0 Å². The van der Waals surface area contributed by atoms with Crippen LogP contribution >= 0.6 is 0 Å². The summed E-state index contributed by atoms with van der Waals surface area (Å²) >= 11 is 0. The van der Waals surface area contributed by atoms with Gasteiger partial charge in [0.1, 0.15) is 6.10 Å². The number of rotatable bonds is 0. The smallest absolute Gasteiger partial charge is 0.334 e. The first-order valence-corrected chi connectivity index (χ1v) is 6.55. The van der Waals surface area contributed by atoms with Crippen molar-refractivity contribution in [2.45, 2.75) is 31.2 Å². The number of aliphatic hydroxyl groups is 2. The molecule has 102 valence electrons. The summed E-state index contributed by atoms with van der Waals surface area (Å²) in [6, 6.07) is 0. The number of fused-ring (bicyclic) bond motifs is 3. The highest BCUT2D eigenvalue weighted by Crippen LogP contribution is 2.51. The van der Waals surface area contributed by atoms with Gasteiger partial charge in [0.2, 0.25) is 0 Å². The number of hydrogen-bond donors (Lipinski definition) is 2. The maximum atomic E-state index is 11.7. The SMILES string of the molecule is C=C1[C@@H]2[C@H]3OC(=O)C(=C)[C@@H]3CC(O)C(=C)[C@@H]2C[C@H]1O. The summed E-state index contributed by atoms with van der Waals surface area (Å²) in [5, 5.41) is 20.2. The molecule has 3 fully saturated rings. The predicted octanol–water partition coefficient (Wildman–Crippen LogP) is 0.958. The van der Waals surface area contributed by atoms with Crippen molar-refractivity contribution in [1.29, 1.82) is 0 Å². The number of carbonyl (C=O) groups excluding carboxylic acids is 1. The van der Waals surface area contributed by atoms with Crippen molar-refractivity contribution in [1.82, 2.24) is 0 Å². The second-order valence-electron chi connectivity index (χ2n) is 5.79. The number of aliphatic hydroxyl groups excluding tert-OH is 2. The van der Waals surface area contributed by atoms with Crippen LogP contribution in [0.1, 0.15) is 12.8 Å². The standard InChI is InChI=1S/C15H18O4/c1-6-9-4-12(17)8(3)13(9)14-10(5-11(6)16)7(2)15(18)19-14/h9-14,16-17H,1-5H2/t9-,10-,11?,12+,13-,14-/m0/s1. The van der Waals surface area contributed by atoms with Crippen LogP contribution in [0, 0.1) is 17.8 Å². The molecule has 1 heterocycles. The van der Waals surface area contributed by atoms with Crippen molar-refractivity contribution in [2.24, 2.45) is 17.8 Å². The number of ether oxygens (including phenoxy) is 1. The Bertz CT molecular complexity index is 492. The largest absolute Gasteiger partial charge is 0.458 e. The molecule has 4 nitrogen and oxygen atoms in total. The lowest BCUT2D eigenvalue weighted by Crippen LogP contribution is -2.29. The van der Waals surface area contributed by atoms with Crippen molar-refractivity contribution in [3.8, 4) is 0 Å². The maximum absolute atomic E-state index is 11.7. The second kappa shape index (κ2) is 4.05. The van der Waals surface area contributed by atoms with Crippen LogP contribution in [-0.2, 0) is 9.53 Å². The van der Waals surface area contributed by atoms with Crippen molar-refractivity contribution in [2.75, 3.05) is 0 Å². The Kier molecular flexibility index (Phi) is 2.69. The molecular formula is C15H18O4. The molecule has 2 saturated carbocycles. The molecule has 0 aromatic carbocycles. The summed E-state index contributed by atoms with van der Waals surface area (Å²) in [6.45, 7) is 11.7. The molecule has 4 heteroatoms. The minimum Gasteiger partial charge on any atom is -0.458 e. The summed E-state index contributed by atoms with van der Waals surface area (Å²) in [6.07, 6.45) is -0.780. The Hall–Kier alpha value is -1.39. The van der Waals surface area contributed by atoms with E-state index >= 15 is 0 Å². The van der Waals surface area contributed by atoms with Crippen LogP contribution in [0.3, 0.4) is 0 Å². The molecule has 1 unspecified atom stereocenters. The van der Waals surface area contributed by atoms with E-state index in [1.54, 1.807) is 0 Å². The van der Waals surface area contributed by atoms with Gasteiger partial charge in [-0.3, -0.25) is 0 Å². The summed E-state index contributed by atoms with van der Waals surface area (Å²) in [7, 11) is 0. The highest BCUT2D eigenvalue weighted by molar-refractivity contribution is 5.91. The third-order valence-electron chi connectivity index (χ3n) is 4.85. The second-order valence-corrected chi connectivity index (χ2v) is 5.79. The number of esters is 1. The van der Waals surface area contributed by atoms with Crippen LogP contribution < -0.4 is 0 Å². The van der Waals surface area contributed by atoms with Crippen LogP contribution in [0.5, 0.6) is 0 Å². The van der Waals surface area contributed by atoms with E-state index in [1.807, 2.05) is 0 Å². The molecule has 19 heavy (non-hydrogen) atoms. The topological polar surface area (TPSA) is 66.8 Å². The van der Waals surface area contributed by atoms with E-state index in [9.17, 15) is 15.0 Å². The molecule has 3 rings (SSSR count). The molecular weight excluding hydrogens is 244 g/mol. The van der Waals surface area contributed by atoms with Gasteiger partial charge >= 0.3 is 5.97 Å². The lowest BCUT2D eigenvalue weighted by Gasteiger charge is -2.25. The summed E-state index contributed by atoms with van der Waals surface area (Å²) in [4.78, 5) is 11.7. The van der Waals surface area contributed by atoms with E-state index < -0.39 is 18.2 Å². The van der Waals surface area contributed by atoms with Gasteiger partial charge in [-0.2, -0.15) is 0 Å². The van der Waals surface area contributed by atoms with E-state index in [0.29, 0.717) is 29.6 Å². The van der Waals surface area contributed by atoms with Gasteiger partial charge < -0.3 is 14.9 Å². The van der Waals surface area contributed by atoms with E-state index in [1.165, 1.54) is 0 Å². The van der Waals surface area contributed by atoms with Crippen molar-refractivity contribution < 1.29 is 19.7 Å². The van der Waals surface area contributed by atoms with Gasteiger partial charge in [-0.15, -0.1) is 0 Å². The number of hydrogen-bond acceptors (Lipinski definition) is 4. The van der Waals surface area contributed by atoms with Crippen LogP contribution in [-0.4, -0.2) is 34.5 Å². The van der Waals surface area contributed by atoms with E-state index in [4.69, 9.17) is 4.74 Å². The zero-order valence-electron chi connectivity index (χ0n) is 10.7. The molecule has 6 atom stereocenters. The third-order valence-corrected chi connectivity index (χ3v) is 4.85. The van der Waals surface area contributed by atoms with Gasteiger partial charge in [-0.25, -0.2) is 4.79 Å². The number of carbonyl (C=O) groups is 1. The average Bonchev–Trinajstić information content (AvgIpc) is 2.77. The molecule has 1 aliphatic heterocycles. The molecule has 1 saturated heterocycles. The first-order chi connectivity index (χ1) is 8.91. The Morgan fingerprint density at radius 3 is 2.26 bits per heavy atom. The molecule has 2 N–H and O–H groups in total. The van der Waals surface area contributed by atoms with E-state index in [2.05, 4.69) is 19.7 Å². The first kappa shape index (κ1) is 12.6. The maximum Gasteiger partial charge on any atom is 0.334 e. The van der Waals surface area contributed by atoms with Crippen LogP contribution in [0.2, 0.25) is 0 Å². The first-order valence-electron chi connectivity index (χ1n) is 6.55. The van der Waals surface area contributed by atoms with Crippen LogP contribution in [0.25, 0.3) is 0 Å². The monoisotopic (exact) mass is 262 g/mol. The minimum atomic E-state index is -0.688. The normalized spacial score (nSPS) is 45.8. The summed E-state index contributed by atoms with van der Waals surface area (Å²) < 4.78 is 5.42. The van der Waals surface area contributed by atoms with Gasteiger partial charge in [-0.05, 0) is 29.9 Å². The third kappa shape index (κ3) is 1.63. The summed E-state index contributed by atoms with van der Waals surface area (Å²) in [5.74, 6) is -0.849. The summed E-state index contributed by atoms with van der Waals surface area (Å²) in [5.41, 5.74) is 1.80. The van der Waals surface area contributed by atoms with Gasteiger partial charge in [-0.1, -0.05) is 19.7 Å². The molecule has 3 aliphatic rings. The minimum absolute atomic E-state index is 0.0776. The quantitative estimate of drug-likeness (QED) is 0.387. The lowest BCUT2D eigenvalue weighted by molar-refractivity contribution is -0.141. The highest BCUT2D eigenvalue weighted by atomic mass is 16.6. The molecule has 2 aliphatic carbocycles. The van der Waals surface area contributed by atoms with Crippen molar-refractivity contribution >= 4 is 5.97 Å². The predicted molar refractivity (Wildman–Crippen MR) is 69.0 cm³/mol. The lowest BCUT2D eigenvalue weighted by atomic mass is 9.82. The van der Waals surface area contributed by atoms with E-state index in [-0.39, 0.29) is 23.9 Å². The van der Waals surface area contributed by atoms with Crippen LogP contribution in [0.4, 0.5) is 0 Å². The Morgan fingerprint density at radius 1 is 1.00 bits per heavy atom. The van der Waals surface area contributed by atoms with Gasteiger partial charge in [0, 0.05) is 17.4 Å². The molecule has 0 radical (unpaired) electrons. The Labute approximate surface area is 112 Å². The van der Waals surface area contributed by atoms with Crippen molar-refractivity contribution in [3.05, 3.63) is 36.5 Å². The molecule has 0 aromatic rings. The van der Waals surface area contributed by atoms with Gasteiger partial charge in [0.05, 0.1) is 12.2 Å². The fourth-order valence-electron chi connectivity index (χ4n) is 3.71. The average molecular weight is 262 g/mol. The van der Waals surface area contributed by atoms with Crippen LogP contribution in [0.15, 0.2) is 36.5 Å². The van der Waals surface area contributed by atoms with E-state index in [0.717, 1.165) is 0 Å². The molecule has 0 aromatic heterocycles. The fraction of sp³-hybridized carbons (Fsp3) is 0.533. The zero-order chi connectivity index (χ0) is 13.9. The zero-order valence-corrected chi connectivity index (χ0v) is 10.7. The van der Waals surface area contributed by atoms with Gasteiger partial charge in [0.25, 0.3) is 0 Å². The van der Waals surface area contributed by atoms with Crippen molar-refractivity contribution in [3.63, 3.8) is 0 Å².